The minimum absolute atomic E-state index is 0.119. The van der Waals surface area contributed by atoms with Gasteiger partial charge in [0.15, 0.2) is 0 Å². The Morgan fingerprint density at radius 3 is 2.75 bits per heavy atom. The maximum Gasteiger partial charge on any atom is 0.335 e. The molecule has 6 heteroatoms. The van der Waals surface area contributed by atoms with Crippen LogP contribution in [0.1, 0.15) is 35.9 Å². The molecular weight excluding hydrogens is 276 g/mol. The first-order valence-corrected chi connectivity index (χ1v) is 6.90. The van der Waals surface area contributed by atoms with E-state index < -0.39 is 5.97 Å². The molecule has 0 saturated carbocycles. The van der Waals surface area contributed by atoms with E-state index in [2.05, 4.69) is 9.97 Å². The Morgan fingerprint density at radius 2 is 2.10 bits per heavy atom. The zero-order valence-electron chi connectivity index (χ0n) is 11.1. The number of nitrogens with one attached hydrogen (secondary N) is 1. The summed E-state index contributed by atoms with van der Waals surface area (Å²) >= 11 is 1.27. The largest absolute Gasteiger partial charge is 0.478 e. The fourth-order valence-corrected chi connectivity index (χ4v) is 2.48. The third-order valence-corrected chi connectivity index (χ3v) is 3.49. The molecule has 0 bridgehead atoms. The van der Waals surface area contributed by atoms with E-state index in [1.165, 1.54) is 23.9 Å². The third kappa shape index (κ3) is 3.48. The van der Waals surface area contributed by atoms with Gasteiger partial charge in [0.1, 0.15) is 10.9 Å². The van der Waals surface area contributed by atoms with Crippen molar-refractivity contribution in [2.75, 3.05) is 0 Å². The molecule has 2 N–H and O–H groups in total. The first kappa shape index (κ1) is 14.3. The van der Waals surface area contributed by atoms with Crippen LogP contribution in [0, 0.1) is 0 Å². The van der Waals surface area contributed by atoms with Gasteiger partial charge in [-0.1, -0.05) is 31.7 Å². The van der Waals surface area contributed by atoms with Crippen molar-refractivity contribution in [1.29, 1.82) is 0 Å². The topological polar surface area (TPSA) is 83.0 Å². The fourth-order valence-electron chi connectivity index (χ4n) is 1.59. The lowest BCUT2D eigenvalue weighted by Gasteiger charge is -2.06. The van der Waals surface area contributed by atoms with Crippen LogP contribution in [0.5, 0.6) is 0 Å². The van der Waals surface area contributed by atoms with Crippen molar-refractivity contribution >= 4 is 17.7 Å². The van der Waals surface area contributed by atoms with Crippen LogP contribution in [0.25, 0.3) is 0 Å². The highest BCUT2D eigenvalue weighted by molar-refractivity contribution is 7.99. The molecule has 0 saturated heterocycles. The lowest BCUT2D eigenvalue weighted by Crippen LogP contribution is -2.11. The van der Waals surface area contributed by atoms with Gasteiger partial charge in [0.05, 0.1) is 5.56 Å². The van der Waals surface area contributed by atoms with Crippen LogP contribution in [-0.4, -0.2) is 21.0 Å². The summed E-state index contributed by atoms with van der Waals surface area (Å²) in [6.07, 6.45) is 0. The molecule has 5 nitrogen and oxygen atoms in total. The van der Waals surface area contributed by atoms with Crippen LogP contribution in [0.4, 0.5) is 0 Å². The molecule has 1 aromatic carbocycles. The average Bonchev–Trinajstić information content (AvgIpc) is 2.38. The quantitative estimate of drug-likeness (QED) is 0.846. The fraction of sp³-hybridized carbons (Fsp3) is 0.214. The number of aromatic nitrogens is 2. The monoisotopic (exact) mass is 290 g/mol. The van der Waals surface area contributed by atoms with E-state index in [1.807, 2.05) is 13.8 Å². The van der Waals surface area contributed by atoms with Gasteiger partial charge in [0, 0.05) is 16.9 Å². The van der Waals surface area contributed by atoms with Crippen molar-refractivity contribution in [1.82, 2.24) is 9.97 Å². The molecule has 20 heavy (non-hydrogen) atoms. The zero-order chi connectivity index (χ0) is 14.7. The molecule has 0 aliphatic rings. The van der Waals surface area contributed by atoms with Crippen LogP contribution in [-0.2, 0) is 0 Å². The number of carbonyl (C=O) groups is 1. The Kier molecular flexibility index (Phi) is 4.24. The molecule has 0 aliphatic heterocycles. The Labute approximate surface area is 120 Å². The summed E-state index contributed by atoms with van der Waals surface area (Å²) in [5.41, 5.74) is 0.00418. The Balaban J connectivity index is 2.32. The highest BCUT2D eigenvalue weighted by Gasteiger charge is 2.08. The van der Waals surface area contributed by atoms with Gasteiger partial charge < -0.3 is 10.1 Å². The number of nitrogens with zero attached hydrogens (tertiary/aromatic N) is 1. The Bertz CT molecular complexity index is 695. The molecule has 0 radical (unpaired) electrons. The van der Waals surface area contributed by atoms with Gasteiger partial charge in [0.2, 0.25) is 0 Å². The molecule has 2 aromatic rings. The number of hydrogen-bond donors (Lipinski definition) is 2. The third-order valence-electron chi connectivity index (χ3n) is 2.59. The molecule has 0 atom stereocenters. The van der Waals surface area contributed by atoms with Gasteiger partial charge in [-0.15, -0.1) is 0 Å². The average molecular weight is 290 g/mol. The Morgan fingerprint density at radius 1 is 1.35 bits per heavy atom. The maximum absolute atomic E-state index is 11.6. The first-order valence-electron chi connectivity index (χ1n) is 6.08. The van der Waals surface area contributed by atoms with E-state index in [0.717, 1.165) is 4.90 Å². The normalized spacial score (nSPS) is 10.8. The number of H-pyrrole nitrogens is 1. The SMILES string of the molecule is CC(C)c1nc(Sc2cccc(C(=O)O)c2)cc(=O)[nH]1. The van der Waals surface area contributed by atoms with E-state index in [9.17, 15) is 9.59 Å². The van der Waals surface area contributed by atoms with Gasteiger partial charge in [-0.25, -0.2) is 9.78 Å². The molecule has 1 aromatic heterocycles. The summed E-state index contributed by atoms with van der Waals surface area (Å²) in [4.78, 5) is 30.3. The van der Waals surface area contributed by atoms with Crippen molar-refractivity contribution in [3.05, 3.63) is 52.1 Å². The van der Waals surface area contributed by atoms with Gasteiger partial charge in [-0.2, -0.15) is 0 Å². The summed E-state index contributed by atoms with van der Waals surface area (Å²) in [6, 6.07) is 7.95. The maximum atomic E-state index is 11.6. The lowest BCUT2D eigenvalue weighted by molar-refractivity contribution is 0.0696. The van der Waals surface area contributed by atoms with Crippen LogP contribution < -0.4 is 5.56 Å². The van der Waals surface area contributed by atoms with Crippen LogP contribution in [0.3, 0.4) is 0 Å². The number of hydrogen-bond acceptors (Lipinski definition) is 4. The number of carboxylic acid groups (broad SMARTS) is 1. The molecule has 2 rings (SSSR count). The second-order valence-corrected chi connectivity index (χ2v) is 5.65. The molecule has 0 spiro atoms. The summed E-state index contributed by atoms with van der Waals surface area (Å²) in [7, 11) is 0. The highest BCUT2D eigenvalue weighted by atomic mass is 32.2. The van der Waals surface area contributed by atoms with Crippen molar-refractivity contribution in [3.63, 3.8) is 0 Å². The van der Waals surface area contributed by atoms with Crippen molar-refractivity contribution < 1.29 is 9.90 Å². The van der Waals surface area contributed by atoms with Crippen molar-refractivity contribution in [2.24, 2.45) is 0 Å². The predicted molar refractivity (Wildman–Crippen MR) is 76.5 cm³/mol. The molecule has 0 fully saturated rings. The first-order chi connectivity index (χ1) is 9.45. The number of benzene rings is 1. The van der Waals surface area contributed by atoms with Gasteiger partial charge in [-0.05, 0) is 18.2 Å². The van der Waals surface area contributed by atoms with E-state index in [4.69, 9.17) is 5.11 Å². The smallest absolute Gasteiger partial charge is 0.335 e. The molecule has 1 heterocycles. The van der Waals surface area contributed by atoms with Crippen LogP contribution in [0.2, 0.25) is 0 Å². The zero-order valence-corrected chi connectivity index (χ0v) is 11.9. The van der Waals surface area contributed by atoms with Crippen molar-refractivity contribution in [2.45, 2.75) is 29.7 Å². The number of aromatic amines is 1. The number of aromatic carboxylic acids is 1. The second-order valence-electron chi connectivity index (χ2n) is 4.56. The van der Waals surface area contributed by atoms with Gasteiger partial charge >= 0.3 is 5.97 Å². The molecule has 104 valence electrons. The molecule has 0 unspecified atom stereocenters. The Hall–Kier alpha value is -2.08. The predicted octanol–water partition coefficient (Wildman–Crippen LogP) is 2.74. The number of rotatable bonds is 4. The van der Waals surface area contributed by atoms with Crippen LogP contribution in [0.15, 0.2) is 45.0 Å². The van der Waals surface area contributed by atoms with E-state index in [-0.39, 0.29) is 17.0 Å². The van der Waals surface area contributed by atoms with Gasteiger partial charge in [-0.3, -0.25) is 4.79 Å². The summed E-state index contributed by atoms with van der Waals surface area (Å²) in [5, 5.41) is 9.51. The number of carboxylic acids is 1. The van der Waals surface area contributed by atoms with E-state index in [1.54, 1.807) is 18.2 Å². The van der Waals surface area contributed by atoms with E-state index in [0.29, 0.717) is 10.9 Å². The standard InChI is InChI=1S/C14H14N2O3S/c1-8(2)13-15-11(17)7-12(16-13)20-10-5-3-4-9(6-10)14(18)19/h3-8H,1-2H3,(H,18,19)(H,15,16,17). The minimum Gasteiger partial charge on any atom is -0.478 e. The molecular formula is C14H14N2O3S. The van der Waals surface area contributed by atoms with E-state index >= 15 is 0 Å². The summed E-state index contributed by atoms with van der Waals surface area (Å²) in [6.45, 7) is 3.88. The highest BCUT2D eigenvalue weighted by Crippen LogP contribution is 2.26. The summed E-state index contributed by atoms with van der Waals surface area (Å²) in [5.74, 6) is -0.239. The molecule has 0 amide bonds. The second kappa shape index (κ2) is 5.92. The van der Waals surface area contributed by atoms with Crippen LogP contribution >= 0.6 is 11.8 Å². The summed E-state index contributed by atoms with van der Waals surface area (Å²) < 4.78 is 0. The van der Waals surface area contributed by atoms with Crippen molar-refractivity contribution in [3.8, 4) is 0 Å². The molecule has 0 aliphatic carbocycles. The minimum atomic E-state index is -0.978. The lowest BCUT2D eigenvalue weighted by atomic mass is 10.2. The van der Waals surface area contributed by atoms with Gasteiger partial charge in [0.25, 0.3) is 5.56 Å².